The number of aliphatic hydroxyl groups is 1. The average molecular weight is 588 g/mol. The molecule has 3 heterocycles. The van der Waals surface area contributed by atoms with Crippen molar-refractivity contribution < 1.29 is 18.7 Å². The topological polar surface area (TPSA) is 122 Å². The lowest BCUT2D eigenvalue weighted by Gasteiger charge is -2.28. The second kappa shape index (κ2) is 11.4. The van der Waals surface area contributed by atoms with E-state index in [1.165, 1.54) is 33.0 Å². The summed E-state index contributed by atoms with van der Waals surface area (Å²) in [6.07, 6.45) is 8.73. The maximum Gasteiger partial charge on any atom is 0.157 e. The predicted octanol–water partition coefficient (Wildman–Crippen LogP) is 4.53. The number of thiophene rings is 1. The number of benzene rings is 2. The molecule has 1 atom stereocenters. The Labute approximate surface area is 244 Å². The number of nitrogens with zero attached hydrogens (tertiary/aromatic N) is 6. The normalized spacial score (nSPS) is 14.3. The van der Waals surface area contributed by atoms with Crippen molar-refractivity contribution in [3.63, 3.8) is 0 Å². The SMILES string of the molecule is N#Cc1c(CC(=O)CNc2ccc3nn(CC(O)(Cn4cncn4)c4ccc(F)cc4F)cc3c2)sc2c1CCCC2. The van der Waals surface area contributed by atoms with Crippen molar-refractivity contribution in [2.24, 2.45) is 0 Å². The molecule has 12 heteroatoms. The van der Waals surface area contributed by atoms with Gasteiger partial charge in [-0.1, -0.05) is 6.07 Å². The molecule has 0 saturated heterocycles. The molecule has 0 fully saturated rings. The lowest BCUT2D eigenvalue weighted by Crippen LogP contribution is -2.37. The van der Waals surface area contributed by atoms with E-state index in [2.05, 4.69) is 26.6 Å². The van der Waals surface area contributed by atoms with Crippen molar-refractivity contribution in [3.8, 4) is 6.07 Å². The predicted molar refractivity (Wildman–Crippen MR) is 153 cm³/mol. The summed E-state index contributed by atoms with van der Waals surface area (Å²) in [6, 6.07) is 10.8. The van der Waals surface area contributed by atoms with Crippen LogP contribution < -0.4 is 5.32 Å². The van der Waals surface area contributed by atoms with E-state index in [1.54, 1.807) is 29.7 Å². The summed E-state index contributed by atoms with van der Waals surface area (Å²) in [5, 5.41) is 33.8. The van der Waals surface area contributed by atoms with Gasteiger partial charge in [0.2, 0.25) is 0 Å². The van der Waals surface area contributed by atoms with E-state index in [0.29, 0.717) is 16.8 Å². The highest BCUT2D eigenvalue weighted by atomic mass is 32.1. The van der Waals surface area contributed by atoms with Crippen LogP contribution in [0.3, 0.4) is 0 Å². The number of halogens is 2. The Morgan fingerprint density at radius 2 is 1.98 bits per heavy atom. The van der Waals surface area contributed by atoms with Gasteiger partial charge in [0.05, 0.1) is 30.7 Å². The van der Waals surface area contributed by atoms with Gasteiger partial charge in [-0.15, -0.1) is 11.3 Å². The van der Waals surface area contributed by atoms with Crippen molar-refractivity contribution in [1.29, 1.82) is 5.26 Å². The van der Waals surface area contributed by atoms with Crippen molar-refractivity contribution >= 4 is 33.7 Å². The molecular formula is C30H27F2N7O2S. The molecule has 6 rings (SSSR count). The number of rotatable bonds is 10. The Morgan fingerprint density at radius 1 is 1.14 bits per heavy atom. The summed E-state index contributed by atoms with van der Waals surface area (Å²) in [5.41, 5.74) is 1.25. The number of anilines is 1. The zero-order valence-electron chi connectivity index (χ0n) is 22.6. The van der Waals surface area contributed by atoms with Crippen LogP contribution in [0.15, 0.2) is 55.2 Å². The van der Waals surface area contributed by atoms with Crippen molar-refractivity contribution in [2.75, 3.05) is 11.9 Å². The number of nitrogens with one attached hydrogen (secondary N) is 1. The average Bonchev–Trinajstić information content (AvgIpc) is 3.69. The molecule has 2 aromatic carbocycles. The van der Waals surface area contributed by atoms with Gasteiger partial charge in [0, 0.05) is 45.1 Å². The molecule has 2 N–H and O–H groups in total. The Balaban J connectivity index is 1.17. The van der Waals surface area contributed by atoms with Crippen LogP contribution in [0.25, 0.3) is 10.9 Å². The van der Waals surface area contributed by atoms with Crippen LogP contribution in [0.1, 0.15) is 39.3 Å². The van der Waals surface area contributed by atoms with E-state index in [0.717, 1.165) is 53.6 Å². The summed E-state index contributed by atoms with van der Waals surface area (Å²) in [7, 11) is 0. The van der Waals surface area contributed by atoms with Gasteiger partial charge in [-0.3, -0.25) is 9.48 Å². The summed E-state index contributed by atoms with van der Waals surface area (Å²) < 4.78 is 31.3. The molecule has 9 nitrogen and oxygen atoms in total. The highest BCUT2D eigenvalue weighted by Crippen LogP contribution is 2.34. The number of carbonyl (C=O) groups excluding carboxylic acids is 1. The first-order valence-electron chi connectivity index (χ1n) is 13.6. The zero-order valence-corrected chi connectivity index (χ0v) is 23.4. The molecule has 0 saturated carbocycles. The Kier molecular flexibility index (Phi) is 7.53. The first-order valence-corrected chi connectivity index (χ1v) is 14.4. The molecular weight excluding hydrogens is 560 g/mol. The fourth-order valence-corrected chi connectivity index (χ4v) is 6.90. The fourth-order valence-electron chi connectivity index (χ4n) is 5.52. The first kappa shape index (κ1) is 27.7. The standard InChI is InChI=1S/C30H27F2N7O2S/c31-20-5-7-25(26(32)10-20)30(41,16-39-18-34-17-36-39)15-38-14-19-9-21(6-8-27(19)37-38)35-13-22(40)11-29-24(12-33)23-3-1-2-4-28(23)42-29/h5-10,14,17-18,35,41H,1-4,11,13,15-16H2. The van der Waals surface area contributed by atoms with Crippen molar-refractivity contribution in [1.82, 2.24) is 24.5 Å². The van der Waals surface area contributed by atoms with E-state index in [1.807, 2.05) is 6.07 Å². The van der Waals surface area contributed by atoms with Crippen LogP contribution in [0.5, 0.6) is 0 Å². The molecule has 1 unspecified atom stereocenters. The number of hydrogen-bond acceptors (Lipinski definition) is 8. The second-order valence-electron chi connectivity index (χ2n) is 10.5. The summed E-state index contributed by atoms with van der Waals surface area (Å²) in [5.74, 6) is -1.64. The van der Waals surface area contributed by atoms with E-state index in [-0.39, 0.29) is 37.4 Å². The molecule has 0 amide bonds. The summed E-state index contributed by atoms with van der Waals surface area (Å²) >= 11 is 1.59. The highest BCUT2D eigenvalue weighted by molar-refractivity contribution is 7.12. The molecule has 0 bridgehead atoms. The van der Waals surface area contributed by atoms with E-state index < -0.39 is 17.2 Å². The first-order chi connectivity index (χ1) is 20.3. The number of carbonyl (C=O) groups is 1. The van der Waals surface area contributed by atoms with Crippen LogP contribution in [0.4, 0.5) is 14.5 Å². The van der Waals surface area contributed by atoms with Crippen molar-refractivity contribution in [3.05, 3.63) is 93.3 Å². The smallest absolute Gasteiger partial charge is 0.157 e. The van der Waals surface area contributed by atoms with Crippen LogP contribution in [0.2, 0.25) is 0 Å². The monoisotopic (exact) mass is 587 g/mol. The van der Waals surface area contributed by atoms with E-state index in [4.69, 9.17) is 0 Å². The second-order valence-corrected chi connectivity index (χ2v) is 11.7. The summed E-state index contributed by atoms with van der Waals surface area (Å²) in [6.45, 7) is -0.173. The molecule has 0 spiro atoms. The molecule has 5 aromatic rings. The molecule has 0 radical (unpaired) electrons. The Bertz CT molecular complexity index is 1810. The number of Topliss-reactive ketones (excluding diaryl/α,β-unsaturated/α-hetero) is 1. The zero-order chi connectivity index (χ0) is 29.3. The van der Waals surface area contributed by atoms with Gasteiger partial charge >= 0.3 is 0 Å². The lowest BCUT2D eigenvalue weighted by molar-refractivity contribution is -0.116. The minimum Gasteiger partial charge on any atom is -0.381 e. The van der Waals surface area contributed by atoms with Gasteiger partial charge < -0.3 is 10.4 Å². The number of nitriles is 1. The van der Waals surface area contributed by atoms with Crippen molar-refractivity contribution in [2.45, 2.75) is 50.8 Å². The third-order valence-corrected chi connectivity index (χ3v) is 8.79. The van der Waals surface area contributed by atoms with Gasteiger partial charge in [-0.25, -0.2) is 18.4 Å². The molecule has 0 aliphatic heterocycles. The minimum absolute atomic E-state index is 0.0135. The number of hydrogen-bond donors (Lipinski definition) is 2. The van der Waals surface area contributed by atoms with E-state index >= 15 is 0 Å². The Hall–Kier alpha value is -4.47. The maximum absolute atomic E-state index is 14.8. The van der Waals surface area contributed by atoms with Gasteiger partial charge in [-0.05, 0) is 55.5 Å². The lowest BCUT2D eigenvalue weighted by atomic mass is 9.93. The van der Waals surface area contributed by atoms with Gasteiger partial charge in [0.1, 0.15) is 36.0 Å². The molecule has 42 heavy (non-hydrogen) atoms. The number of ketones is 1. The fraction of sp³-hybridized carbons (Fsp3) is 0.300. The van der Waals surface area contributed by atoms with Crippen LogP contribution >= 0.6 is 11.3 Å². The van der Waals surface area contributed by atoms with Crippen LogP contribution in [0, 0.1) is 23.0 Å². The highest BCUT2D eigenvalue weighted by Gasteiger charge is 2.34. The molecule has 3 aromatic heterocycles. The maximum atomic E-state index is 14.8. The quantitative estimate of drug-likeness (QED) is 0.246. The Morgan fingerprint density at radius 3 is 2.76 bits per heavy atom. The van der Waals surface area contributed by atoms with Crippen LogP contribution in [-0.2, 0) is 42.7 Å². The number of aromatic nitrogens is 5. The largest absolute Gasteiger partial charge is 0.381 e. The third kappa shape index (κ3) is 5.66. The van der Waals surface area contributed by atoms with Crippen LogP contribution in [-0.4, -0.2) is 42.0 Å². The van der Waals surface area contributed by atoms with Gasteiger partial charge in [0.15, 0.2) is 5.78 Å². The number of aryl methyl sites for hydroxylation is 1. The number of fused-ring (bicyclic) bond motifs is 2. The molecule has 1 aliphatic rings. The summed E-state index contributed by atoms with van der Waals surface area (Å²) in [4.78, 5) is 18.8. The minimum atomic E-state index is -1.82. The third-order valence-electron chi connectivity index (χ3n) is 7.50. The molecule has 1 aliphatic carbocycles. The molecule has 214 valence electrons. The van der Waals surface area contributed by atoms with Gasteiger partial charge in [0.25, 0.3) is 0 Å². The van der Waals surface area contributed by atoms with Gasteiger partial charge in [-0.2, -0.15) is 15.5 Å². The van der Waals surface area contributed by atoms with E-state index in [9.17, 15) is 23.9 Å².